The van der Waals surface area contributed by atoms with E-state index < -0.39 is 0 Å². The van der Waals surface area contributed by atoms with Crippen LogP contribution in [0.5, 0.6) is 0 Å². The predicted molar refractivity (Wildman–Crippen MR) is 50.1 cm³/mol. The van der Waals surface area contributed by atoms with Crippen molar-refractivity contribution in [3.8, 4) is 0 Å². The third kappa shape index (κ3) is 3.09. The van der Waals surface area contributed by atoms with Crippen molar-refractivity contribution < 1.29 is 4.74 Å². The molecule has 0 spiro atoms. The zero-order valence-electron chi connectivity index (χ0n) is 8.55. The first-order chi connectivity index (χ1) is 5.49. The van der Waals surface area contributed by atoms with Crippen LogP contribution in [0, 0.1) is 0 Å². The zero-order valence-corrected chi connectivity index (χ0v) is 8.55. The van der Waals surface area contributed by atoms with E-state index in [-0.39, 0.29) is 11.8 Å². The first kappa shape index (κ1) is 9.96. The molecule has 3 nitrogen and oxygen atoms in total. The van der Waals surface area contributed by atoms with Crippen LogP contribution in [-0.4, -0.2) is 43.9 Å². The number of hydrogen-bond donors (Lipinski definition) is 1. The Morgan fingerprint density at radius 1 is 1.50 bits per heavy atom. The van der Waals surface area contributed by atoms with Gasteiger partial charge < -0.3 is 9.64 Å². The number of nitrogens with one attached hydrogen (secondary N) is 1. The Hall–Kier alpha value is -0.120. The molecule has 12 heavy (non-hydrogen) atoms. The van der Waals surface area contributed by atoms with Crippen molar-refractivity contribution >= 4 is 0 Å². The maximum Gasteiger partial charge on any atom is 0.109 e. The van der Waals surface area contributed by atoms with Crippen molar-refractivity contribution in [2.45, 2.75) is 32.0 Å². The normalized spacial score (nSPS) is 28.2. The fourth-order valence-electron chi connectivity index (χ4n) is 1.36. The molecule has 1 atom stereocenters. The fraction of sp³-hybridized carbons (Fsp3) is 1.00. The first-order valence-corrected chi connectivity index (χ1v) is 4.54. The number of rotatable bonds is 3. The summed E-state index contributed by atoms with van der Waals surface area (Å²) in [7, 11) is 4.17. The highest BCUT2D eigenvalue weighted by molar-refractivity contribution is 4.84. The Balaban J connectivity index is 2.20. The van der Waals surface area contributed by atoms with Crippen LogP contribution in [-0.2, 0) is 4.74 Å². The third-order valence-corrected chi connectivity index (χ3v) is 2.04. The minimum Gasteiger partial charge on any atom is -0.361 e. The Labute approximate surface area is 75.1 Å². The summed E-state index contributed by atoms with van der Waals surface area (Å²) in [5.74, 6) is 0. The van der Waals surface area contributed by atoms with Crippen LogP contribution in [0.3, 0.4) is 0 Å². The standard InChI is InChI=1S/C9H20N2O/c1-9(2)7-12-8(10-9)5-6-11(3)4/h8,10H,5-7H2,1-4H3. The van der Waals surface area contributed by atoms with E-state index >= 15 is 0 Å². The van der Waals surface area contributed by atoms with E-state index in [4.69, 9.17) is 4.74 Å². The average molecular weight is 172 g/mol. The summed E-state index contributed by atoms with van der Waals surface area (Å²) >= 11 is 0. The molecule has 0 aliphatic carbocycles. The van der Waals surface area contributed by atoms with Gasteiger partial charge in [0.1, 0.15) is 6.23 Å². The van der Waals surface area contributed by atoms with Gasteiger partial charge in [0.15, 0.2) is 0 Å². The second-order valence-electron chi connectivity index (χ2n) is 4.42. The molecular formula is C9H20N2O. The lowest BCUT2D eigenvalue weighted by molar-refractivity contribution is 0.0855. The van der Waals surface area contributed by atoms with Gasteiger partial charge in [0.2, 0.25) is 0 Å². The number of ether oxygens (including phenoxy) is 1. The maximum atomic E-state index is 5.58. The van der Waals surface area contributed by atoms with Crippen LogP contribution in [0.2, 0.25) is 0 Å². The van der Waals surface area contributed by atoms with Gasteiger partial charge in [0.25, 0.3) is 0 Å². The van der Waals surface area contributed by atoms with Crippen molar-refractivity contribution in [2.75, 3.05) is 27.2 Å². The van der Waals surface area contributed by atoms with E-state index in [0.717, 1.165) is 19.6 Å². The van der Waals surface area contributed by atoms with E-state index in [1.807, 2.05) is 0 Å². The molecule has 1 heterocycles. The second kappa shape index (κ2) is 3.73. The smallest absolute Gasteiger partial charge is 0.109 e. The molecule has 1 saturated heterocycles. The predicted octanol–water partition coefficient (Wildman–Crippen LogP) is 0.663. The topological polar surface area (TPSA) is 24.5 Å². The molecule has 1 rings (SSSR count). The monoisotopic (exact) mass is 172 g/mol. The van der Waals surface area contributed by atoms with Gasteiger partial charge in [-0.05, 0) is 34.4 Å². The third-order valence-electron chi connectivity index (χ3n) is 2.04. The summed E-state index contributed by atoms with van der Waals surface area (Å²) in [5.41, 5.74) is 0.164. The van der Waals surface area contributed by atoms with Gasteiger partial charge in [-0.3, -0.25) is 5.32 Å². The van der Waals surface area contributed by atoms with Gasteiger partial charge in [-0.15, -0.1) is 0 Å². The summed E-state index contributed by atoms with van der Waals surface area (Å²) in [6, 6.07) is 0. The minimum absolute atomic E-state index is 0.164. The minimum atomic E-state index is 0.164. The highest BCUT2D eigenvalue weighted by atomic mass is 16.5. The Kier molecular flexibility index (Phi) is 3.09. The van der Waals surface area contributed by atoms with E-state index in [9.17, 15) is 0 Å². The lowest BCUT2D eigenvalue weighted by atomic mass is 10.1. The Bertz CT molecular complexity index is 145. The molecule has 1 fully saturated rings. The first-order valence-electron chi connectivity index (χ1n) is 4.54. The van der Waals surface area contributed by atoms with Gasteiger partial charge in [-0.1, -0.05) is 0 Å². The molecule has 1 aliphatic heterocycles. The van der Waals surface area contributed by atoms with E-state index in [1.54, 1.807) is 0 Å². The molecule has 0 radical (unpaired) electrons. The second-order valence-corrected chi connectivity index (χ2v) is 4.42. The van der Waals surface area contributed by atoms with Gasteiger partial charge in [-0.25, -0.2) is 0 Å². The number of hydrogen-bond acceptors (Lipinski definition) is 3. The molecule has 0 bridgehead atoms. The summed E-state index contributed by atoms with van der Waals surface area (Å²) in [6.07, 6.45) is 1.32. The molecular weight excluding hydrogens is 152 g/mol. The van der Waals surface area contributed by atoms with Crippen LogP contribution in [0.4, 0.5) is 0 Å². The van der Waals surface area contributed by atoms with E-state index in [2.05, 4.69) is 38.2 Å². The van der Waals surface area contributed by atoms with Crippen molar-refractivity contribution in [3.05, 3.63) is 0 Å². The molecule has 0 saturated carbocycles. The summed E-state index contributed by atoms with van der Waals surface area (Å²) in [4.78, 5) is 2.18. The van der Waals surface area contributed by atoms with Crippen LogP contribution in [0.1, 0.15) is 20.3 Å². The zero-order chi connectivity index (χ0) is 9.19. The highest BCUT2D eigenvalue weighted by Gasteiger charge is 2.30. The SMILES string of the molecule is CN(C)CCC1NC(C)(C)CO1. The largest absolute Gasteiger partial charge is 0.361 e. The van der Waals surface area contributed by atoms with Gasteiger partial charge >= 0.3 is 0 Å². The molecule has 0 aromatic carbocycles. The molecule has 1 aliphatic rings. The van der Waals surface area contributed by atoms with Crippen LogP contribution in [0.15, 0.2) is 0 Å². The van der Waals surface area contributed by atoms with Crippen molar-refractivity contribution in [1.82, 2.24) is 10.2 Å². The summed E-state index contributed by atoms with van der Waals surface area (Å²) in [5, 5.41) is 3.44. The fourth-order valence-corrected chi connectivity index (χ4v) is 1.36. The quantitative estimate of drug-likeness (QED) is 0.677. The van der Waals surface area contributed by atoms with Crippen LogP contribution in [0.25, 0.3) is 0 Å². The number of nitrogens with zero attached hydrogens (tertiary/aromatic N) is 1. The highest BCUT2D eigenvalue weighted by Crippen LogP contribution is 2.15. The molecule has 72 valence electrons. The molecule has 3 heteroatoms. The lowest BCUT2D eigenvalue weighted by Crippen LogP contribution is -2.39. The Morgan fingerprint density at radius 2 is 2.17 bits per heavy atom. The Morgan fingerprint density at radius 3 is 2.58 bits per heavy atom. The van der Waals surface area contributed by atoms with Crippen molar-refractivity contribution in [2.24, 2.45) is 0 Å². The molecule has 0 aromatic heterocycles. The van der Waals surface area contributed by atoms with Crippen molar-refractivity contribution in [1.29, 1.82) is 0 Å². The lowest BCUT2D eigenvalue weighted by Gasteiger charge is -2.18. The van der Waals surface area contributed by atoms with E-state index in [1.165, 1.54) is 0 Å². The molecule has 1 unspecified atom stereocenters. The van der Waals surface area contributed by atoms with Crippen molar-refractivity contribution in [3.63, 3.8) is 0 Å². The van der Waals surface area contributed by atoms with Crippen LogP contribution < -0.4 is 5.32 Å². The van der Waals surface area contributed by atoms with E-state index in [0.29, 0.717) is 0 Å². The summed E-state index contributed by atoms with van der Waals surface area (Å²) in [6.45, 7) is 6.24. The average Bonchev–Trinajstić information content (AvgIpc) is 2.26. The summed E-state index contributed by atoms with van der Waals surface area (Å²) < 4.78 is 5.58. The van der Waals surface area contributed by atoms with Gasteiger partial charge in [0.05, 0.1) is 6.61 Å². The maximum absolute atomic E-state index is 5.58. The van der Waals surface area contributed by atoms with Crippen LogP contribution >= 0.6 is 0 Å². The molecule has 0 amide bonds. The molecule has 0 aromatic rings. The molecule has 1 N–H and O–H groups in total. The van der Waals surface area contributed by atoms with Gasteiger partial charge in [-0.2, -0.15) is 0 Å². The van der Waals surface area contributed by atoms with Gasteiger partial charge in [0, 0.05) is 12.1 Å².